The maximum absolute atomic E-state index is 12.9. The van der Waals surface area contributed by atoms with Crippen LogP contribution in [-0.4, -0.2) is 18.0 Å². The lowest BCUT2D eigenvalue weighted by Crippen LogP contribution is -2.19. The van der Waals surface area contributed by atoms with Crippen LogP contribution in [0.1, 0.15) is 16.4 Å². The normalized spacial score (nSPS) is 12.3. The Kier molecular flexibility index (Phi) is 6.43. The topological polar surface area (TPSA) is 51.2 Å². The Labute approximate surface area is 170 Å². The van der Waals surface area contributed by atoms with E-state index in [1.165, 1.54) is 6.07 Å². The third kappa shape index (κ3) is 5.51. The summed E-state index contributed by atoms with van der Waals surface area (Å²) in [5.74, 6) is 0.346. The van der Waals surface area contributed by atoms with Gasteiger partial charge in [-0.15, -0.1) is 0 Å². The fraction of sp³-hybridized carbons (Fsp3) is 0.143. The van der Waals surface area contributed by atoms with E-state index < -0.39 is 17.0 Å². The molecule has 1 unspecified atom stereocenters. The van der Waals surface area contributed by atoms with Gasteiger partial charge in [0.2, 0.25) is 5.91 Å². The lowest BCUT2D eigenvalue weighted by molar-refractivity contribution is -0.137. The number of carbonyl (C=O) groups is 1. The zero-order valence-corrected chi connectivity index (χ0v) is 16.1. The van der Waals surface area contributed by atoms with Gasteiger partial charge in [-0.1, -0.05) is 42.1 Å². The van der Waals surface area contributed by atoms with Gasteiger partial charge in [0, 0.05) is 11.9 Å². The number of nitrogens with zero attached hydrogens (tertiary/aromatic N) is 1. The predicted octanol–water partition coefficient (Wildman–Crippen LogP) is 5.58. The number of anilines is 1. The van der Waals surface area contributed by atoms with Crippen LogP contribution in [0.15, 0.2) is 78.0 Å². The average molecular weight is 418 g/mol. The van der Waals surface area contributed by atoms with Crippen molar-refractivity contribution in [1.82, 2.24) is 4.98 Å². The molecule has 1 heterocycles. The number of rotatable bonds is 6. The second-order valence-corrected chi connectivity index (χ2v) is 7.13. The van der Waals surface area contributed by atoms with Crippen molar-refractivity contribution in [2.24, 2.45) is 0 Å². The molecule has 0 saturated heterocycles. The number of pyridine rings is 1. The van der Waals surface area contributed by atoms with Gasteiger partial charge in [0.15, 0.2) is 0 Å². The van der Waals surface area contributed by atoms with Gasteiger partial charge < -0.3 is 10.1 Å². The van der Waals surface area contributed by atoms with Crippen LogP contribution >= 0.6 is 11.8 Å². The molecule has 2 aromatic carbocycles. The molecule has 1 amide bonds. The first-order valence-corrected chi connectivity index (χ1v) is 9.44. The number of carbonyl (C=O) groups excluding carboxylic acids is 1. The highest BCUT2D eigenvalue weighted by Crippen LogP contribution is 2.36. The Morgan fingerprint density at radius 2 is 1.72 bits per heavy atom. The molecule has 3 rings (SSSR count). The van der Waals surface area contributed by atoms with E-state index in [-0.39, 0.29) is 5.91 Å². The second kappa shape index (κ2) is 9.00. The molecule has 4 nitrogen and oxygen atoms in total. The summed E-state index contributed by atoms with van der Waals surface area (Å²) in [7, 11) is 1.55. The van der Waals surface area contributed by atoms with E-state index in [1.54, 1.807) is 55.6 Å². The largest absolute Gasteiger partial charge is 0.497 e. The molecule has 1 aromatic heterocycles. The highest BCUT2D eigenvalue weighted by Gasteiger charge is 2.31. The quantitative estimate of drug-likeness (QED) is 0.531. The monoisotopic (exact) mass is 418 g/mol. The number of methoxy groups -OCH3 is 1. The molecule has 0 fully saturated rings. The number of benzene rings is 2. The number of hydrogen-bond acceptors (Lipinski definition) is 4. The third-order valence-electron chi connectivity index (χ3n) is 4.00. The Morgan fingerprint density at radius 3 is 2.28 bits per heavy atom. The third-order valence-corrected chi connectivity index (χ3v) is 5.21. The van der Waals surface area contributed by atoms with Crippen molar-refractivity contribution in [1.29, 1.82) is 0 Å². The first-order chi connectivity index (χ1) is 13.9. The summed E-state index contributed by atoms with van der Waals surface area (Å²) >= 11 is 1.08. The lowest BCUT2D eigenvalue weighted by Gasteiger charge is -2.17. The highest BCUT2D eigenvalue weighted by atomic mass is 32.2. The first kappa shape index (κ1) is 20.7. The molecule has 29 heavy (non-hydrogen) atoms. The summed E-state index contributed by atoms with van der Waals surface area (Å²) in [5, 5.41) is 2.45. The van der Waals surface area contributed by atoms with Crippen LogP contribution in [0, 0.1) is 0 Å². The van der Waals surface area contributed by atoms with Crippen molar-refractivity contribution in [3.63, 3.8) is 0 Å². The maximum atomic E-state index is 12.9. The van der Waals surface area contributed by atoms with E-state index in [0.29, 0.717) is 22.0 Å². The van der Waals surface area contributed by atoms with Crippen molar-refractivity contribution in [2.75, 3.05) is 12.4 Å². The number of nitrogens with one attached hydrogen (secondary N) is 1. The van der Waals surface area contributed by atoms with Crippen LogP contribution in [-0.2, 0) is 11.0 Å². The lowest BCUT2D eigenvalue weighted by atomic mass is 10.1. The molecule has 0 radical (unpaired) electrons. The number of aromatic nitrogens is 1. The molecule has 0 spiro atoms. The molecule has 1 N–H and O–H groups in total. The smallest absolute Gasteiger partial charge is 0.417 e. The van der Waals surface area contributed by atoms with Crippen molar-refractivity contribution in [3.05, 3.63) is 84.1 Å². The SMILES string of the molecule is COc1ccc(NC(=O)C(Sc2ccc(C(F)(F)F)cn2)c2ccccc2)cc1. The molecule has 0 aliphatic rings. The van der Waals surface area contributed by atoms with Crippen LogP contribution < -0.4 is 10.1 Å². The van der Waals surface area contributed by atoms with Crippen LogP contribution in [0.25, 0.3) is 0 Å². The number of hydrogen-bond donors (Lipinski definition) is 1. The number of ether oxygens (including phenoxy) is 1. The summed E-state index contributed by atoms with van der Waals surface area (Å²) in [5.41, 5.74) is 0.462. The summed E-state index contributed by atoms with van der Waals surface area (Å²) in [4.78, 5) is 16.8. The van der Waals surface area contributed by atoms with E-state index in [9.17, 15) is 18.0 Å². The average Bonchev–Trinajstić information content (AvgIpc) is 2.73. The maximum Gasteiger partial charge on any atom is 0.417 e. The molecule has 1 atom stereocenters. The van der Waals surface area contributed by atoms with Crippen LogP contribution in [0.2, 0.25) is 0 Å². The van der Waals surface area contributed by atoms with Crippen molar-refractivity contribution in [3.8, 4) is 5.75 Å². The zero-order valence-electron chi connectivity index (χ0n) is 15.3. The molecule has 0 aliphatic carbocycles. The molecular formula is C21H17F3N2O2S. The van der Waals surface area contributed by atoms with Gasteiger partial charge >= 0.3 is 6.18 Å². The van der Waals surface area contributed by atoms with Gasteiger partial charge in [0.1, 0.15) is 11.0 Å². The molecule has 0 bridgehead atoms. The van der Waals surface area contributed by atoms with E-state index in [2.05, 4.69) is 10.3 Å². The van der Waals surface area contributed by atoms with Crippen LogP contribution in [0.4, 0.5) is 18.9 Å². The molecule has 0 aliphatic heterocycles. The summed E-state index contributed by atoms with van der Waals surface area (Å²) in [6.45, 7) is 0. The standard InChI is InChI=1S/C21H17F3N2O2S/c1-28-17-10-8-16(9-11-17)26-20(27)19(14-5-3-2-4-6-14)29-18-12-7-15(13-25-18)21(22,23)24/h2-13,19H,1H3,(H,26,27). The number of thioether (sulfide) groups is 1. The summed E-state index contributed by atoms with van der Waals surface area (Å²) < 4.78 is 43.4. The zero-order chi connectivity index (χ0) is 20.9. The minimum Gasteiger partial charge on any atom is -0.497 e. The Bertz CT molecular complexity index is 946. The molecule has 150 valence electrons. The number of alkyl halides is 3. The Balaban J connectivity index is 1.81. The van der Waals surface area contributed by atoms with Gasteiger partial charge in [-0.3, -0.25) is 4.79 Å². The Hall–Kier alpha value is -3.00. The van der Waals surface area contributed by atoms with Gasteiger partial charge in [-0.2, -0.15) is 13.2 Å². The fourth-order valence-corrected chi connectivity index (χ4v) is 3.48. The van der Waals surface area contributed by atoms with E-state index in [1.807, 2.05) is 6.07 Å². The number of halogens is 3. The Morgan fingerprint density at radius 1 is 1.03 bits per heavy atom. The van der Waals surface area contributed by atoms with Gasteiger partial charge in [-0.25, -0.2) is 4.98 Å². The van der Waals surface area contributed by atoms with Gasteiger partial charge in [0.25, 0.3) is 0 Å². The van der Waals surface area contributed by atoms with Gasteiger partial charge in [0.05, 0.1) is 17.7 Å². The minimum atomic E-state index is -4.46. The van der Waals surface area contributed by atoms with Gasteiger partial charge in [-0.05, 0) is 42.0 Å². The van der Waals surface area contributed by atoms with E-state index in [4.69, 9.17) is 4.74 Å². The molecular weight excluding hydrogens is 401 g/mol. The minimum absolute atomic E-state index is 0.312. The van der Waals surface area contributed by atoms with Crippen LogP contribution in [0.3, 0.4) is 0 Å². The summed E-state index contributed by atoms with van der Waals surface area (Å²) in [6, 6.07) is 18.1. The van der Waals surface area contributed by atoms with Crippen molar-refractivity contribution < 1.29 is 22.7 Å². The molecule has 3 aromatic rings. The predicted molar refractivity (Wildman–Crippen MR) is 106 cm³/mol. The number of amides is 1. The first-order valence-electron chi connectivity index (χ1n) is 8.56. The second-order valence-electron chi connectivity index (χ2n) is 6.01. The van der Waals surface area contributed by atoms with Crippen molar-refractivity contribution >= 4 is 23.4 Å². The van der Waals surface area contributed by atoms with E-state index in [0.717, 1.165) is 24.0 Å². The molecule has 0 saturated carbocycles. The van der Waals surface area contributed by atoms with Crippen molar-refractivity contribution in [2.45, 2.75) is 16.5 Å². The van der Waals surface area contributed by atoms with Crippen LogP contribution in [0.5, 0.6) is 5.75 Å². The highest BCUT2D eigenvalue weighted by molar-refractivity contribution is 8.00. The molecule has 8 heteroatoms. The van der Waals surface area contributed by atoms with E-state index >= 15 is 0 Å². The fourth-order valence-electron chi connectivity index (χ4n) is 2.52. The summed E-state index contributed by atoms with van der Waals surface area (Å²) in [6.07, 6.45) is -3.69.